The Kier molecular flexibility index (Phi) is 5.04. The molecule has 0 radical (unpaired) electrons. The second kappa shape index (κ2) is 5.84. The van der Waals surface area contributed by atoms with Gasteiger partial charge in [0, 0.05) is 24.9 Å². The van der Waals surface area contributed by atoms with E-state index >= 15 is 0 Å². The SMILES string of the molecule is CNC1CCCCN(CCS)C1. The molecule has 1 heterocycles. The Morgan fingerprint density at radius 2 is 2.33 bits per heavy atom. The minimum atomic E-state index is 0.701. The summed E-state index contributed by atoms with van der Waals surface area (Å²) in [6.07, 6.45) is 4.06. The molecular weight excluding hydrogens is 168 g/mol. The maximum absolute atomic E-state index is 4.26. The van der Waals surface area contributed by atoms with E-state index in [9.17, 15) is 0 Å². The van der Waals surface area contributed by atoms with Crippen molar-refractivity contribution in [2.24, 2.45) is 0 Å². The molecule has 0 spiro atoms. The summed E-state index contributed by atoms with van der Waals surface area (Å²) in [6, 6.07) is 0.701. The Morgan fingerprint density at radius 1 is 1.50 bits per heavy atom. The van der Waals surface area contributed by atoms with Crippen LogP contribution >= 0.6 is 12.6 Å². The molecule has 12 heavy (non-hydrogen) atoms. The molecule has 0 saturated carbocycles. The molecule has 3 heteroatoms. The van der Waals surface area contributed by atoms with Crippen molar-refractivity contribution in [2.75, 3.05) is 32.4 Å². The van der Waals surface area contributed by atoms with Gasteiger partial charge in [0.2, 0.25) is 0 Å². The lowest BCUT2D eigenvalue weighted by atomic mass is 10.1. The Morgan fingerprint density at radius 3 is 3.00 bits per heavy atom. The van der Waals surface area contributed by atoms with Crippen molar-refractivity contribution in [1.29, 1.82) is 0 Å². The number of thiol groups is 1. The fraction of sp³-hybridized carbons (Fsp3) is 1.00. The van der Waals surface area contributed by atoms with Gasteiger partial charge < -0.3 is 10.2 Å². The van der Waals surface area contributed by atoms with Crippen LogP contribution in [0.2, 0.25) is 0 Å². The first-order valence-corrected chi connectivity index (χ1v) is 5.50. The van der Waals surface area contributed by atoms with Crippen LogP contribution in [0, 0.1) is 0 Å². The number of nitrogens with zero attached hydrogens (tertiary/aromatic N) is 1. The fourth-order valence-corrected chi connectivity index (χ4v) is 2.08. The minimum absolute atomic E-state index is 0.701. The molecule has 0 aliphatic carbocycles. The first-order valence-electron chi connectivity index (χ1n) is 4.87. The predicted molar refractivity (Wildman–Crippen MR) is 57.0 cm³/mol. The van der Waals surface area contributed by atoms with Gasteiger partial charge in [0.05, 0.1) is 0 Å². The second-order valence-corrected chi connectivity index (χ2v) is 3.95. The number of hydrogen-bond acceptors (Lipinski definition) is 3. The third kappa shape index (κ3) is 3.33. The van der Waals surface area contributed by atoms with E-state index in [1.54, 1.807) is 0 Å². The molecule has 0 aromatic carbocycles. The molecule has 0 aromatic heterocycles. The summed E-state index contributed by atoms with van der Waals surface area (Å²) in [6.45, 7) is 3.61. The van der Waals surface area contributed by atoms with E-state index in [0.29, 0.717) is 6.04 Å². The molecular formula is C9H20N2S. The first-order chi connectivity index (χ1) is 5.86. The van der Waals surface area contributed by atoms with E-state index in [2.05, 4.69) is 29.9 Å². The smallest absolute Gasteiger partial charge is 0.0192 e. The highest BCUT2D eigenvalue weighted by Crippen LogP contribution is 2.09. The van der Waals surface area contributed by atoms with Gasteiger partial charge in [-0.3, -0.25) is 0 Å². The monoisotopic (exact) mass is 188 g/mol. The molecule has 0 amide bonds. The highest BCUT2D eigenvalue weighted by Gasteiger charge is 2.15. The van der Waals surface area contributed by atoms with Crippen molar-refractivity contribution in [3.05, 3.63) is 0 Å². The van der Waals surface area contributed by atoms with Crippen molar-refractivity contribution in [3.63, 3.8) is 0 Å². The van der Waals surface area contributed by atoms with Crippen molar-refractivity contribution in [2.45, 2.75) is 25.3 Å². The van der Waals surface area contributed by atoms with Crippen molar-refractivity contribution in [3.8, 4) is 0 Å². The molecule has 1 N–H and O–H groups in total. The van der Waals surface area contributed by atoms with Crippen molar-refractivity contribution < 1.29 is 0 Å². The molecule has 0 aromatic rings. The number of rotatable bonds is 3. The fourth-order valence-electron chi connectivity index (χ4n) is 1.80. The number of likely N-dealkylation sites (tertiary alicyclic amines) is 1. The predicted octanol–water partition coefficient (Wildman–Crippen LogP) is 0.990. The number of hydrogen-bond donors (Lipinski definition) is 2. The number of nitrogens with one attached hydrogen (secondary N) is 1. The van der Waals surface area contributed by atoms with Gasteiger partial charge in [-0.1, -0.05) is 6.42 Å². The third-order valence-electron chi connectivity index (χ3n) is 2.58. The van der Waals surface area contributed by atoms with E-state index in [0.717, 1.165) is 12.3 Å². The van der Waals surface area contributed by atoms with Crippen molar-refractivity contribution >= 4 is 12.6 Å². The summed E-state index contributed by atoms with van der Waals surface area (Å²) in [5, 5.41) is 3.37. The molecule has 1 aliphatic heterocycles. The molecule has 1 aliphatic rings. The summed E-state index contributed by atoms with van der Waals surface area (Å²) in [4.78, 5) is 2.52. The zero-order valence-corrected chi connectivity index (χ0v) is 8.82. The minimum Gasteiger partial charge on any atom is -0.316 e. The summed E-state index contributed by atoms with van der Waals surface area (Å²) < 4.78 is 0. The van der Waals surface area contributed by atoms with E-state index in [4.69, 9.17) is 0 Å². The highest BCUT2D eigenvalue weighted by atomic mass is 32.1. The third-order valence-corrected chi connectivity index (χ3v) is 2.78. The summed E-state index contributed by atoms with van der Waals surface area (Å²) in [5.74, 6) is 0.983. The highest BCUT2D eigenvalue weighted by molar-refractivity contribution is 7.80. The normalized spacial score (nSPS) is 27.0. The molecule has 1 rings (SSSR count). The van der Waals surface area contributed by atoms with Crippen LogP contribution in [0.4, 0.5) is 0 Å². The van der Waals surface area contributed by atoms with Crippen LogP contribution in [0.1, 0.15) is 19.3 Å². The van der Waals surface area contributed by atoms with Crippen LogP contribution in [0.25, 0.3) is 0 Å². The Balaban J connectivity index is 2.31. The zero-order valence-electron chi connectivity index (χ0n) is 7.92. The first kappa shape index (κ1) is 10.4. The Bertz CT molecular complexity index is 119. The van der Waals surface area contributed by atoms with Crippen LogP contribution in [-0.2, 0) is 0 Å². The Hall–Kier alpha value is 0.270. The van der Waals surface area contributed by atoms with Crippen LogP contribution in [-0.4, -0.2) is 43.4 Å². The molecule has 1 unspecified atom stereocenters. The molecule has 1 saturated heterocycles. The van der Waals surface area contributed by atoms with Gasteiger partial charge >= 0.3 is 0 Å². The van der Waals surface area contributed by atoms with Gasteiger partial charge in [-0.15, -0.1) is 0 Å². The van der Waals surface area contributed by atoms with Gasteiger partial charge in [-0.2, -0.15) is 12.6 Å². The zero-order chi connectivity index (χ0) is 8.81. The van der Waals surface area contributed by atoms with Crippen molar-refractivity contribution in [1.82, 2.24) is 10.2 Å². The second-order valence-electron chi connectivity index (χ2n) is 3.51. The quantitative estimate of drug-likeness (QED) is 0.642. The van der Waals surface area contributed by atoms with E-state index in [1.165, 1.54) is 32.4 Å². The molecule has 1 atom stereocenters. The summed E-state index contributed by atoms with van der Waals surface area (Å²) in [5.41, 5.74) is 0. The lowest BCUT2D eigenvalue weighted by Crippen LogP contribution is -2.38. The van der Waals surface area contributed by atoms with Gasteiger partial charge in [0.15, 0.2) is 0 Å². The van der Waals surface area contributed by atoms with Crippen LogP contribution in [0.5, 0.6) is 0 Å². The molecule has 1 fully saturated rings. The lowest BCUT2D eigenvalue weighted by molar-refractivity contribution is 0.278. The van der Waals surface area contributed by atoms with Gasteiger partial charge in [0.1, 0.15) is 0 Å². The average molecular weight is 188 g/mol. The summed E-state index contributed by atoms with van der Waals surface area (Å²) in [7, 11) is 2.06. The number of likely N-dealkylation sites (N-methyl/N-ethyl adjacent to an activating group) is 1. The topological polar surface area (TPSA) is 15.3 Å². The molecule has 2 nitrogen and oxygen atoms in total. The average Bonchev–Trinajstić information content (AvgIpc) is 2.30. The van der Waals surface area contributed by atoms with Gasteiger partial charge in [-0.05, 0) is 26.4 Å². The maximum Gasteiger partial charge on any atom is 0.0192 e. The largest absolute Gasteiger partial charge is 0.316 e. The summed E-state index contributed by atoms with van der Waals surface area (Å²) >= 11 is 4.26. The molecule has 0 bridgehead atoms. The van der Waals surface area contributed by atoms with E-state index in [1.807, 2.05) is 0 Å². The van der Waals surface area contributed by atoms with Gasteiger partial charge in [-0.25, -0.2) is 0 Å². The van der Waals surface area contributed by atoms with E-state index in [-0.39, 0.29) is 0 Å². The van der Waals surface area contributed by atoms with E-state index < -0.39 is 0 Å². The van der Waals surface area contributed by atoms with Gasteiger partial charge in [0.25, 0.3) is 0 Å². The Labute approximate surface area is 81.1 Å². The standard InChI is InChI=1S/C9H20N2S/c1-10-9-4-2-3-5-11(8-9)6-7-12/h9-10,12H,2-8H2,1H3. The maximum atomic E-state index is 4.26. The van der Waals surface area contributed by atoms with Crippen LogP contribution in [0.3, 0.4) is 0 Å². The van der Waals surface area contributed by atoms with Crippen LogP contribution in [0.15, 0.2) is 0 Å². The molecule has 72 valence electrons. The van der Waals surface area contributed by atoms with Crippen LogP contribution < -0.4 is 5.32 Å². The lowest BCUT2D eigenvalue weighted by Gasteiger charge is -2.22.